The Labute approximate surface area is 200 Å². The maximum atomic E-state index is 12.5. The minimum atomic E-state index is -0.638. The van der Waals surface area contributed by atoms with E-state index in [4.69, 9.17) is 18.9 Å². The van der Waals surface area contributed by atoms with Gasteiger partial charge in [-0.3, -0.25) is 0 Å². The topological polar surface area (TPSA) is 97.9 Å². The number of ether oxygens (including phenoxy) is 4. The van der Waals surface area contributed by atoms with Crippen LogP contribution in [-0.4, -0.2) is 82.3 Å². The molecule has 2 heterocycles. The van der Waals surface area contributed by atoms with Crippen LogP contribution in [0.5, 0.6) is 0 Å². The fourth-order valence-corrected chi connectivity index (χ4v) is 3.97. The number of methoxy groups -OCH3 is 2. The molecule has 0 spiro atoms. The number of hydrogen-bond acceptors (Lipinski definition) is 9. The van der Waals surface area contributed by atoms with E-state index in [1.807, 2.05) is 45.9 Å². The SMILES string of the molecule is COC(=O)C1=C(C(=O)OC)N(c2ccc(N3CCN(C(=O)OC(C)(C)C)CC3)c(C)c2)COC1. The lowest BCUT2D eigenvalue weighted by Crippen LogP contribution is -2.50. The highest BCUT2D eigenvalue weighted by atomic mass is 16.6. The lowest BCUT2D eigenvalue weighted by atomic mass is 10.1. The molecule has 0 unspecified atom stereocenters. The number of benzene rings is 1. The highest BCUT2D eigenvalue weighted by Gasteiger charge is 2.33. The van der Waals surface area contributed by atoms with Gasteiger partial charge in [-0.1, -0.05) is 0 Å². The summed E-state index contributed by atoms with van der Waals surface area (Å²) < 4.78 is 20.8. The van der Waals surface area contributed by atoms with Gasteiger partial charge in [-0.25, -0.2) is 14.4 Å². The van der Waals surface area contributed by atoms with Crippen LogP contribution in [0.25, 0.3) is 0 Å². The number of anilines is 2. The van der Waals surface area contributed by atoms with Gasteiger partial charge in [0.15, 0.2) is 0 Å². The van der Waals surface area contributed by atoms with E-state index in [-0.39, 0.29) is 30.7 Å². The van der Waals surface area contributed by atoms with Gasteiger partial charge in [0.2, 0.25) is 0 Å². The van der Waals surface area contributed by atoms with E-state index in [0.29, 0.717) is 31.9 Å². The molecule has 1 aromatic rings. The average Bonchev–Trinajstić information content (AvgIpc) is 2.81. The highest BCUT2D eigenvalue weighted by molar-refractivity contribution is 6.03. The summed E-state index contributed by atoms with van der Waals surface area (Å²) >= 11 is 0. The van der Waals surface area contributed by atoms with Gasteiger partial charge in [-0.05, 0) is 51.5 Å². The molecule has 1 amide bonds. The van der Waals surface area contributed by atoms with Crippen LogP contribution in [0.1, 0.15) is 26.3 Å². The number of rotatable bonds is 4. The normalized spacial score (nSPS) is 16.9. The minimum Gasteiger partial charge on any atom is -0.466 e. The predicted molar refractivity (Wildman–Crippen MR) is 126 cm³/mol. The molecule has 2 aliphatic rings. The molecule has 0 saturated carbocycles. The third-order valence-electron chi connectivity index (χ3n) is 5.60. The van der Waals surface area contributed by atoms with Crippen LogP contribution in [0.2, 0.25) is 0 Å². The molecule has 186 valence electrons. The van der Waals surface area contributed by atoms with E-state index in [1.165, 1.54) is 14.2 Å². The number of carbonyl (C=O) groups excluding carboxylic acids is 3. The fourth-order valence-electron chi connectivity index (χ4n) is 3.97. The number of hydrogen-bond donors (Lipinski definition) is 0. The summed E-state index contributed by atoms with van der Waals surface area (Å²) in [7, 11) is 2.52. The Morgan fingerprint density at radius 2 is 1.62 bits per heavy atom. The summed E-state index contributed by atoms with van der Waals surface area (Å²) in [5, 5.41) is 0. The minimum absolute atomic E-state index is 0.0351. The van der Waals surface area contributed by atoms with Crippen LogP contribution in [-0.2, 0) is 28.5 Å². The van der Waals surface area contributed by atoms with Crippen molar-refractivity contribution in [1.82, 2.24) is 4.90 Å². The van der Waals surface area contributed by atoms with Gasteiger partial charge >= 0.3 is 18.0 Å². The predicted octanol–water partition coefficient (Wildman–Crippen LogP) is 2.45. The molecule has 0 bridgehead atoms. The van der Waals surface area contributed by atoms with Crippen molar-refractivity contribution < 1.29 is 33.3 Å². The van der Waals surface area contributed by atoms with E-state index in [0.717, 1.165) is 11.3 Å². The van der Waals surface area contributed by atoms with E-state index < -0.39 is 17.5 Å². The zero-order valence-corrected chi connectivity index (χ0v) is 20.7. The molecule has 0 N–H and O–H groups in total. The zero-order valence-electron chi connectivity index (χ0n) is 20.7. The summed E-state index contributed by atoms with van der Waals surface area (Å²) in [6.07, 6.45) is -0.298. The maximum Gasteiger partial charge on any atom is 0.410 e. The van der Waals surface area contributed by atoms with Gasteiger partial charge < -0.3 is 33.6 Å². The molecule has 1 saturated heterocycles. The Morgan fingerprint density at radius 1 is 0.971 bits per heavy atom. The second-order valence-electron chi connectivity index (χ2n) is 9.14. The van der Waals surface area contributed by atoms with Crippen LogP contribution in [0.15, 0.2) is 29.5 Å². The van der Waals surface area contributed by atoms with Gasteiger partial charge in [0.1, 0.15) is 18.0 Å². The lowest BCUT2D eigenvalue weighted by Gasteiger charge is -2.37. The van der Waals surface area contributed by atoms with E-state index in [2.05, 4.69) is 4.90 Å². The smallest absolute Gasteiger partial charge is 0.410 e. The number of amides is 1. The van der Waals surface area contributed by atoms with Gasteiger partial charge in [0.05, 0.1) is 26.4 Å². The first kappa shape index (κ1) is 25.4. The molecular weight excluding hydrogens is 442 g/mol. The standard InChI is InChI=1S/C24H33N3O7/c1-16-13-17(27-15-33-14-18(21(28)31-5)20(27)22(29)32-6)7-8-19(16)25-9-11-26(12-10-25)23(30)34-24(2,3)4/h7-8,13H,9-12,14-15H2,1-6H3. The molecule has 0 atom stereocenters. The molecule has 34 heavy (non-hydrogen) atoms. The van der Waals surface area contributed by atoms with Crippen LogP contribution in [0, 0.1) is 6.92 Å². The van der Waals surface area contributed by atoms with Crippen LogP contribution in [0.4, 0.5) is 16.2 Å². The molecule has 3 rings (SSSR count). The molecule has 10 heteroatoms. The Bertz CT molecular complexity index is 975. The molecule has 10 nitrogen and oxygen atoms in total. The summed E-state index contributed by atoms with van der Waals surface area (Å²) in [6.45, 7) is 10.1. The largest absolute Gasteiger partial charge is 0.466 e. The van der Waals surface area contributed by atoms with Crippen LogP contribution >= 0.6 is 0 Å². The van der Waals surface area contributed by atoms with Gasteiger partial charge in [0.25, 0.3) is 0 Å². The van der Waals surface area contributed by atoms with E-state index >= 15 is 0 Å². The van der Waals surface area contributed by atoms with Crippen molar-refractivity contribution in [2.45, 2.75) is 33.3 Å². The van der Waals surface area contributed by atoms with Crippen molar-refractivity contribution in [2.75, 3.05) is 63.5 Å². The monoisotopic (exact) mass is 475 g/mol. The van der Waals surface area contributed by atoms with E-state index in [9.17, 15) is 14.4 Å². The molecule has 0 aliphatic carbocycles. The second kappa shape index (κ2) is 10.3. The fraction of sp³-hybridized carbons (Fsp3) is 0.542. The van der Waals surface area contributed by atoms with Gasteiger partial charge in [0, 0.05) is 37.6 Å². The number of aryl methyl sites for hydroxylation is 1. The highest BCUT2D eigenvalue weighted by Crippen LogP contribution is 2.31. The Hall–Kier alpha value is -3.27. The van der Waals surface area contributed by atoms with Crippen molar-refractivity contribution in [3.63, 3.8) is 0 Å². The molecule has 0 radical (unpaired) electrons. The third kappa shape index (κ3) is 5.61. The molecule has 1 fully saturated rings. The molecule has 0 aromatic heterocycles. The quantitative estimate of drug-likeness (QED) is 0.480. The number of nitrogens with zero attached hydrogens (tertiary/aromatic N) is 3. The van der Waals surface area contributed by atoms with Crippen molar-refractivity contribution in [1.29, 1.82) is 0 Å². The number of carbonyl (C=O) groups is 3. The third-order valence-corrected chi connectivity index (χ3v) is 5.60. The first-order valence-electron chi connectivity index (χ1n) is 11.1. The van der Waals surface area contributed by atoms with Crippen LogP contribution < -0.4 is 9.80 Å². The second-order valence-corrected chi connectivity index (χ2v) is 9.14. The first-order valence-corrected chi connectivity index (χ1v) is 11.1. The summed E-state index contributed by atoms with van der Waals surface area (Å²) in [6, 6.07) is 5.77. The molecule has 2 aliphatic heterocycles. The van der Waals surface area contributed by atoms with Crippen LogP contribution in [0.3, 0.4) is 0 Å². The van der Waals surface area contributed by atoms with Gasteiger partial charge in [-0.2, -0.15) is 0 Å². The van der Waals surface area contributed by atoms with Crippen molar-refractivity contribution in [3.8, 4) is 0 Å². The lowest BCUT2D eigenvalue weighted by molar-refractivity contribution is -0.140. The zero-order chi connectivity index (χ0) is 25.0. The molecule has 1 aromatic carbocycles. The Kier molecular flexibility index (Phi) is 7.71. The first-order chi connectivity index (χ1) is 16.1. The van der Waals surface area contributed by atoms with E-state index in [1.54, 1.807) is 9.80 Å². The van der Waals surface area contributed by atoms with Crippen molar-refractivity contribution >= 4 is 29.4 Å². The Balaban J connectivity index is 1.78. The average molecular weight is 476 g/mol. The molecular formula is C24H33N3O7. The number of piperazine rings is 1. The maximum absolute atomic E-state index is 12.5. The number of esters is 2. The summed E-state index contributed by atoms with van der Waals surface area (Å²) in [5.74, 6) is -1.27. The van der Waals surface area contributed by atoms with Gasteiger partial charge in [-0.15, -0.1) is 0 Å². The van der Waals surface area contributed by atoms with Crippen molar-refractivity contribution in [2.24, 2.45) is 0 Å². The summed E-state index contributed by atoms with van der Waals surface area (Å²) in [5.41, 5.74) is 2.40. The Morgan fingerprint density at radius 3 is 2.18 bits per heavy atom. The summed E-state index contributed by atoms with van der Waals surface area (Å²) in [4.78, 5) is 42.6. The van der Waals surface area contributed by atoms with Crippen molar-refractivity contribution in [3.05, 3.63) is 35.0 Å².